The molecule has 0 aliphatic carbocycles. The van der Waals surface area contributed by atoms with Crippen LogP contribution in [0.25, 0.3) is 10.9 Å². The maximum Gasteiger partial charge on any atom is 0.163 e. The summed E-state index contributed by atoms with van der Waals surface area (Å²) in [5, 5.41) is 11.2. The Kier molecular flexibility index (Phi) is 5.55. The quantitative estimate of drug-likeness (QED) is 0.470. The standard InChI is InChI=1S/C17H20ClN5O2/c1-3-11-7-16(23-22-11)21-17-12-8-14(24-2)15(25-6-4-5-18)9-13(12)19-10-20-17/h7-10H,3-6H2,1-2H3,(H2,19,20,21,22,23). The highest BCUT2D eigenvalue weighted by atomic mass is 35.5. The van der Waals surface area contributed by atoms with Gasteiger partial charge in [-0.1, -0.05) is 6.92 Å². The van der Waals surface area contributed by atoms with Crippen LogP contribution in [0.4, 0.5) is 11.6 Å². The fraction of sp³-hybridized carbons (Fsp3) is 0.353. The molecule has 25 heavy (non-hydrogen) atoms. The predicted octanol–water partition coefficient (Wildman–Crippen LogP) is 3.68. The van der Waals surface area contributed by atoms with Crippen molar-refractivity contribution in [3.05, 3.63) is 30.2 Å². The molecule has 0 bridgehead atoms. The van der Waals surface area contributed by atoms with Crippen LogP contribution in [0.2, 0.25) is 0 Å². The summed E-state index contributed by atoms with van der Waals surface area (Å²) < 4.78 is 11.2. The zero-order chi connectivity index (χ0) is 17.6. The van der Waals surface area contributed by atoms with Gasteiger partial charge in [-0.15, -0.1) is 11.6 Å². The Hall–Kier alpha value is -2.54. The topological polar surface area (TPSA) is 85.0 Å². The average Bonchev–Trinajstić information content (AvgIpc) is 3.09. The molecule has 0 unspecified atom stereocenters. The van der Waals surface area contributed by atoms with Crippen LogP contribution >= 0.6 is 11.6 Å². The molecule has 3 aromatic rings. The highest BCUT2D eigenvalue weighted by Crippen LogP contribution is 2.34. The monoisotopic (exact) mass is 361 g/mol. The number of alkyl halides is 1. The van der Waals surface area contributed by atoms with E-state index in [1.807, 2.05) is 18.2 Å². The molecule has 0 atom stereocenters. The summed E-state index contributed by atoms with van der Waals surface area (Å²) in [6.45, 7) is 2.59. The van der Waals surface area contributed by atoms with Crippen LogP contribution in [-0.2, 0) is 6.42 Å². The van der Waals surface area contributed by atoms with E-state index in [9.17, 15) is 0 Å². The number of halogens is 1. The van der Waals surface area contributed by atoms with Crippen LogP contribution in [0.5, 0.6) is 11.5 Å². The van der Waals surface area contributed by atoms with Gasteiger partial charge in [0, 0.05) is 29.1 Å². The van der Waals surface area contributed by atoms with Crippen LogP contribution in [0.3, 0.4) is 0 Å². The normalized spacial score (nSPS) is 10.8. The largest absolute Gasteiger partial charge is 0.493 e. The van der Waals surface area contributed by atoms with E-state index >= 15 is 0 Å². The highest BCUT2D eigenvalue weighted by molar-refractivity contribution is 6.17. The Balaban J connectivity index is 1.94. The van der Waals surface area contributed by atoms with Crippen molar-refractivity contribution in [2.45, 2.75) is 19.8 Å². The van der Waals surface area contributed by atoms with Crippen molar-refractivity contribution in [2.24, 2.45) is 0 Å². The number of nitrogens with zero attached hydrogens (tertiary/aromatic N) is 3. The number of hydrogen-bond donors (Lipinski definition) is 2. The summed E-state index contributed by atoms with van der Waals surface area (Å²) in [7, 11) is 1.60. The Bertz CT molecular complexity index is 852. The zero-order valence-corrected chi connectivity index (χ0v) is 14.9. The lowest BCUT2D eigenvalue weighted by molar-refractivity contribution is 0.295. The van der Waals surface area contributed by atoms with E-state index in [1.54, 1.807) is 7.11 Å². The molecule has 0 saturated carbocycles. The Morgan fingerprint density at radius 2 is 2.08 bits per heavy atom. The Morgan fingerprint density at radius 3 is 2.80 bits per heavy atom. The Labute approximate surface area is 150 Å². The molecular formula is C17H20ClN5O2. The maximum atomic E-state index is 5.74. The second-order valence-corrected chi connectivity index (χ2v) is 5.77. The van der Waals surface area contributed by atoms with Crippen molar-refractivity contribution in [3.8, 4) is 11.5 Å². The summed E-state index contributed by atoms with van der Waals surface area (Å²) in [6.07, 6.45) is 3.15. The van der Waals surface area contributed by atoms with Gasteiger partial charge in [0.1, 0.15) is 12.1 Å². The van der Waals surface area contributed by atoms with E-state index in [4.69, 9.17) is 21.1 Å². The molecule has 8 heteroatoms. The number of rotatable bonds is 8. The third kappa shape index (κ3) is 3.93. The molecule has 7 nitrogen and oxygen atoms in total. The van der Waals surface area contributed by atoms with Crippen molar-refractivity contribution in [3.63, 3.8) is 0 Å². The van der Waals surface area contributed by atoms with Crippen molar-refractivity contribution in [1.29, 1.82) is 0 Å². The van der Waals surface area contributed by atoms with Gasteiger partial charge in [-0.05, 0) is 18.9 Å². The molecule has 1 aromatic carbocycles. The molecule has 0 saturated heterocycles. The van der Waals surface area contributed by atoms with Crippen molar-refractivity contribution >= 4 is 34.1 Å². The fourth-order valence-corrected chi connectivity index (χ4v) is 2.51. The average molecular weight is 362 g/mol. The van der Waals surface area contributed by atoms with Gasteiger partial charge in [-0.3, -0.25) is 5.10 Å². The van der Waals surface area contributed by atoms with E-state index < -0.39 is 0 Å². The number of H-pyrrole nitrogens is 1. The van der Waals surface area contributed by atoms with Crippen LogP contribution in [0.15, 0.2) is 24.5 Å². The second kappa shape index (κ2) is 8.02. The summed E-state index contributed by atoms with van der Waals surface area (Å²) >= 11 is 5.70. The van der Waals surface area contributed by atoms with Crippen molar-refractivity contribution in [2.75, 3.05) is 24.9 Å². The van der Waals surface area contributed by atoms with E-state index in [0.29, 0.717) is 35.6 Å². The van der Waals surface area contributed by atoms with Gasteiger partial charge in [0.15, 0.2) is 17.3 Å². The molecule has 0 aliphatic rings. The molecule has 0 amide bonds. The number of ether oxygens (including phenoxy) is 2. The molecule has 0 fully saturated rings. The smallest absolute Gasteiger partial charge is 0.163 e. The minimum absolute atomic E-state index is 0.522. The molecule has 2 N–H and O–H groups in total. The lowest BCUT2D eigenvalue weighted by Crippen LogP contribution is -2.01. The van der Waals surface area contributed by atoms with Gasteiger partial charge >= 0.3 is 0 Å². The summed E-state index contributed by atoms with van der Waals surface area (Å²) in [5.74, 6) is 3.17. The number of aromatic amines is 1. The summed E-state index contributed by atoms with van der Waals surface area (Å²) in [4.78, 5) is 8.66. The number of aromatic nitrogens is 4. The molecule has 0 spiro atoms. The number of methoxy groups -OCH3 is 1. The van der Waals surface area contributed by atoms with E-state index in [0.717, 1.165) is 29.4 Å². The maximum absolute atomic E-state index is 5.74. The van der Waals surface area contributed by atoms with Gasteiger partial charge in [0.05, 0.1) is 19.2 Å². The van der Waals surface area contributed by atoms with Crippen LogP contribution in [0.1, 0.15) is 19.0 Å². The first-order chi connectivity index (χ1) is 12.2. The lowest BCUT2D eigenvalue weighted by Gasteiger charge is -2.13. The third-order valence-corrected chi connectivity index (χ3v) is 3.98. The first kappa shape index (κ1) is 17.3. The van der Waals surface area contributed by atoms with Gasteiger partial charge < -0.3 is 14.8 Å². The number of fused-ring (bicyclic) bond motifs is 1. The third-order valence-electron chi connectivity index (χ3n) is 3.71. The number of anilines is 2. The van der Waals surface area contributed by atoms with Crippen LogP contribution in [-0.4, -0.2) is 39.8 Å². The van der Waals surface area contributed by atoms with Crippen LogP contribution in [0, 0.1) is 0 Å². The predicted molar refractivity (Wildman–Crippen MR) is 98.2 cm³/mol. The first-order valence-electron chi connectivity index (χ1n) is 8.08. The lowest BCUT2D eigenvalue weighted by atomic mass is 10.2. The second-order valence-electron chi connectivity index (χ2n) is 5.39. The number of benzene rings is 1. The van der Waals surface area contributed by atoms with Gasteiger partial charge in [-0.2, -0.15) is 5.10 Å². The number of nitrogens with one attached hydrogen (secondary N) is 2. The van der Waals surface area contributed by atoms with Gasteiger partial charge in [-0.25, -0.2) is 9.97 Å². The molecule has 0 radical (unpaired) electrons. The van der Waals surface area contributed by atoms with Gasteiger partial charge in [0.25, 0.3) is 0 Å². The minimum Gasteiger partial charge on any atom is -0.493 e. The zero-order valence-electron chi connectivity index (χ0n) is 14.2. The minimum atomic E-state index is 0.522. The molecule has 3 rings (SSSR count). The SMILES string of the molecule is CCc1cc(Nc2ncnc3cc(OCCCCl)c(OC)cc23)n[nH]1. The van der Waals surface area contributed by atoms with Crippen LogP contribution < -0.4 is 14.8 Å². The van der Waals surface area contributed by atoms with Gasteiger partial charge in [0.2, 0.25) is 0 Å². The molecule has 2 heterocycles. The van der Waals surface area contributed by atoms with Crippen molar-refractivity contribution in [1.82, 2.24) is 20.2 Å². The summed E-state index contributed by atoms with van der Waals surface area (Å²) in [6, 6.07) is 5.66. The highest BCUT2D eigenvalue weighted by Gasteiger charge is 2.12. The van der Waals surface area contributed by atoms with E-state index in [-0.39, 0.29) is 0 Å². The van der Waals surface area contributed by atoms with E-state index in [1.165, 1.54) is 6.33 Å². The molecular weight excluding hydrogens is 342 g/mol. The summed E-state index contributed by atoms with van der Waals surface area (Å²) in [5.41, 5.74) is 1.80. The molecule has 132 valence electrons. The number of aryl methyl sites for hydroxylation is 1. The fourth-order valence-electron chi connectivity index (χ4n) is 2.40. The van der Waals surface area contributed by atoms with E-state index in [2.05, 4.69) is 32.4 Å². The Morgan fingerprint density at radius 1 is 1.20 bits per heavy atom. The molecule has 0 aliphatic heterocycles. The first-order valence-corrected chi connectivity index (χ1v) is 8.61. The molecule has 2 aromatic heterocycles. The number of hydrogen-bond acceptors (Lipinski definition) is 6. The van der Waals surface area contributed by atoms with Crippen molar-refractivity contribution < 1.29 is 9.47 Å².